The maximum atomic E-state index is 14.5. The molecule has 2 aromatic carbocycles. The number of rotatable bonds is 7. The highest BCUT2D eigenvalue weighted by Gasteiger charge is 2.70. The van der Waals surface area contributed by atoms with Crippen LogP contribution in [0, 0.1) is 16.7 Å². The summed E-state index contributed by atoms with van der Waals surface area (Å²) in [5, 5.41) is 11.8. The lowest BCUT2D eigenvalue weighted by molar-refractivity contribution is -0.173. The van der Waals surface area contributed by atoms with E-state index in [9.17, 15) is 14.7 Å². The molecule has 0 aromatic heterocycles. The molecule has 1 amide bonds. The molecule has 7 heteroatoms. The van der Waals surface area contributed by atoms with Gasteiger partial charge < -0.3 is 14.7 Å². The van der Waals surface area contributed by atoms with E-state index in [2.05, 4.69) is 0 Å². The average molecular weight is 516 g/mol. The first-order valence-corrected chi connectivity index (χ1v) is 13.0. The number of benzene rings is 2. The summed E-state index contributed by atoms with van der Waals surface area (Å²) in [4.78, 5) is 29.5. The highest BCUT2D eigenvalue weighted by Crippen LogP contribution is 2.67. The summed E-state index contributed by atoms with van der Waals surface area (Å²) in [5.74, 6) is -0.290. The highest BCUT2D eigenvalue weighted by molar-refractivity contribution is 6.30. The number of esters is 1. The largest absolute Gasteiger partial charge is 0.469 e. The van der Waals surface area contributed by atoms with Gasteiger partial charge in [0.15, 0.2) is 0 Å². The molecule has 5 rings (SSSR count). The van der Waals surface area contributed by atoms with E-state index in [0.29, 0.717) is 29.3 Å². The molecule has 4 atom stereocenters. The Labute approximate surface area is 216 Å². The van der Waals surface area contributed by atoms with Crippen LogP contribution in [0.2, 0.25) is 10.0 Å². The van der Waals surface area contributed by atoms with Crippen molar-refractivity contribution in [2.75, 3.05) is 13.7 Å². The van der Waals surface area contributed by atoms with Crippen LogP contribution in [0.1, 0.15) is 62.1 Å². The first kappa shape index (κ1) is 24.6. The first-order chi connectivity index (χ1) is 16.8. The van der Waals surface area contributed by atoms with Crippen LogP contribution in [0.3, 0.4) is 0 Å². The van der Waals surface area contributed by atoms with Gasteiger partial charge in [0.1, 0.15) is 0 Å². The number of carbonyl (C=O) groups is 2. The predicted octanol–water partition coefficient (Wildman–Crippen LogP) is 5.78. The third kappa shape index (κ3) is 4.06. The maximum Gasteiger partial charge on any atom is 0.312 e. The van der Waals surface area contributed by atoms with Crippen LogP contribution in [0.4, 0.5) is 0 Å². The number of hydrogen-bond donors (Lipinski definition) is 1. The van der Waals surface area contributed by atoms with E-state index in [4.69, 9.17) is 27.9 Å². The SMILES string of the molecule is COC(=O)C1([C@@]2(C)CC(c3cccc(Cl)c3)[C@@H](c3ccc(Cl)cc3)N(C(CO)C3CC3)C2=O)CC1. The van der Waals surface area contributed by atoms with Gasteiger partial charge in [0, 0.05) is 16.0 Å². The van der Waals surface area contributed by atoms with Gasteiger partial charge >= 0.3 is 5.97 Å². The third-order valence-corrected chi connectivity index (χ3v) is 9.08. The Morgan fingerprint density at radius 1 is 1.11 bits per heavy atom. The standard InChI is InChI=1S/C28H31Cl2NO4/c1-27(28(12-13-28)26(34)35-2)15-22(19-4-3-5-21(30)14-19)24(18-8-10-20(29)11-9-18)31(25(27)33)23(16-32)17-6-7-17/h3-5,8-11,14,17,22-24,32H,6-7,12-13,15-16H2,1-2H3/t22?,23?,24-,27+/m1/s1. The molecule has 0 spiro atoms. The Hall–Kier alpha value is -2.08. The quantitative estimate of drug-likeness (QED) is 0.474. The lowest BCUT2D eigenvalue weighted by Crippen LogP contribution is -2.60. The van der Waals surface area contributed by atoms with E-state index in [-0.39, 0.29) is 42.4 Å². The molecule has 1 N–H and O–H groups in total. The van der Waals surface area contributed by atoms with Crippen molar-refractivity contribution in [1.29, 1.82) is 0 Å². The van der Waals surface area contributed by atoms with Gasteiger partial charge in [-0.05, 0) is 80.3 Å². The van der Waals surface area contributed by atoms with Crippen LogP contribution in [0.5, 0.6) is 0 Å². The smallest absolute Gasteiger partial charge is 0.312 e. The van der Waals surface area contributed by atoms with Crippen LogP contribution < -0.4 is 0 Å². The summed E-state index contributed by atoms with van der Waals surface area (Å²) < 4.78 is 5.22. The fraction of sp³-hybridized carbons (Fsp3) is 0.500. The number of aliphatic hydroxyl groups excluding tert-OH is 1. The molecule has 2 unspecified atom stereocenters. The van der Waals surface area contributed by atoms with E-state index in [1.54, 1.807) is 0 Å². The lowest BCUT2D eigenvalue weighted by Gasteiger charge is -2.54. The molecule has 2 saturated carbocycles. The topological polar surface area (TPSA) is 66.8 Å². The molecule has 0 bridgehead atoms. The van der Waals surface area contributed by atoms with Crippen LogP contribution in [-0.2, 0) is 14.3 Å². The Kier molecular flexibility index (Phi) is 6.40. The van der Waals surface area contributed by atoms with Crippen molar-refractivity contribution in [2.24, 2.45) is 16.7 Å². The average Bonchev–Trinajstić information content (AvgIpc) is 3.76. The van der Waals surface area contributed by atoms with Gasteiger partial charge in [0.05, 0.1) is 36.6 Å². The Balaban J connectivity index is 1.71. The molecule has 3 fully saturated rings. The van der Waals surface area contributed by atoms with Gasteiger partial charge in [-0.15, -0.1) is 0 Å². The number of halogens is 2. The molecule has 186 valence electrons. The monoisotopic (exact) mass is 515 g/mol. The predicted molar refractivity (Wildman–Crippen MR) is 135 cm³/mol. The zero-order valence-corrected chi connectivity index (χ0v) is 21.6. The number of hydrogen-bond acceptors (Lipinski definition) is 4. The van der Waals surface area contributed by atoms with Crippen LogP contribution in [0.25, 0.3) is 0 Å². The highest BCUT2D eigenvalue weighted by atomic mass is 35.5. The van der Waals surface area contributed by atoms with E-state index in [1.165, 1.54) is 7.11 Å². The minimum atomic E-state index is -0.960. The number of ether oxygens (including phenoxy) is 1. The van der Waals surface area contributed by atoms with Crippen LogP contribution in [-0.4, -0.2) is 41.6 Å². The molecule has 1 saturated heterocycles. The molecule has 5 nitrogen and oxygen atoms in total. The minimum Gasteiger partial charge on any atom is -0.469 e. The normalized spacial score (nSPS) is 28.5. The second kappa shape index (κ2) is 9.10. The first-order valence-electron chi connectivity index (χ1n) is 12.3. The van der Waals surface area contributed by atoms with Crippen molar-refractivity contribution < 1.29 is 19.4 Å². The summed E-state index contributed by atoms with van der Waals surface area (Å²) in [6, 6.07) is 14.7. The number of amides is 1. The van der Waals surface area contributed by atoms with E-state index in [1.807, 2.05) is 60.4 Å². The summed E-state index contributed by atoms with van der Waals surface area (Å²) in [6.07, 6.45) is 3.67. The molecule has 1 aliphatic heterocycles. The van der Waals surface area contributed by atoms with Gasteiger partial charge in [0.25, 0.3) is 0 Å². The second-order valence-corrected chi connectivity index (χ2v) is 11.4. The second-order valence-electron chi connectivity index (χ2n) is 10.6. The molecule has 35 heavy (non-hydrogen) atoms. The van der Waals surface area contributed by atoms with Crippen molar-refractivity contribution in [1.82, 2.24) is 4.90 Å². The molecule has 3 aliphatic rings. The number of aliphatic hydroxyl groups is 1. The zero-order chi connectivity index (χ0) is 25.0. The maximum absolute atomic E-state index is 14.5. The van der Waals surface area contributed by atoms with Crippen molar-refractivity contribution in [3.63, 3.8) is 0 Å². The molecular formula is C28H31Cl2NO4. The van der Waals surface area contributed by atoms with Crippen molar-refractivity contribution in [3.05, 3.63) is 69.7 Å². The molecule has 2 aliphatic carbocycles. The Morgan fingerprint density at radius 2 is 1.80 bits per heavy atom. The molecular weight excluding hydrogens is 485 g/mol. The van der Waals surface area contributed by atoms with Gasteiger partial charge in [-0.3, -0.25) is 9.59 Å². The van der Waals surface area contributed by atoms with Gasteiger partial charge in [-0.25, -0.2) is 0 Å². The van der Waals surface area contributed by atoms with Crippen LogP contribution >= 0.6 is 23.2 Å². The van der Waals surface area contributed by atoms with E-state index >= 15 is 0 Å². The summed E-state index contributed by atoms with van der Waals surface area (Å²) >= 11 is 12.6. The van der Waals surface area contributed by atoms with E-state index in [0.717, 1.165) is 24.0 Å². The Bertz CT molecular complexity index is 1130. The molecule has 0 radical (unpaired) electrons. The fourth-order valence-corrected chi connectivity index (χ4v) is 6.66. The minimum absolute atomic E-state index is 0.0791. The van der Waals surface area contributed by atoms with Crippen molar-refractivity contribution >= 4 is 35.1 Å². The number of piperidine rings is 1. The van der Waals surface area contributed by atoms with Gasteiger partial charge in [-0.2, -0.15) is 0 Å². The van der Waals surface area contributed by atoms with Crippen molar-refractivity contribution in [3.8, 4) is 0 Å². The number of methoxy groups -OCH3 is 1. The van der Waals surface area contributed by atoms with Crippen LogP contribution in [0.15, 0.2) is 48.5 Å². The number of likely N-dealkylation sites (tertiary alicyclic amines) is 1. The fourth-order valence-electron chi connectivity index (χ4n) is 6.34. The van der Waals surface area contributed by atoms with Gasteiger partial charge in [-0.1, -0.05) is 47.5 Å². The summed E-state index contributed by atoms with van der Waals surface area (Å²) in [7, 11) is 1.39. The number of carbonyl (C=O) groups excluding carboxylic acids is 2. The van der Waals surface area contributed by atoms with Gasteiger partial charge in [0.2, 0.25) is 5.91 Å². The third-order valence-electron chi connectivity index (χ3n) is 8.60. The summed E-state index contributed by atoms with van der Waals surface area (Å²) in [5.41, 5.74) is 0.159. The molecule has 2 aromatic rings. The lowest BCUT2D eigenvalue weighted by atomic mass is 9.61. The molecule has 1 heterocycles. The summed E-state index contributed by atoms with van der Waals surface area (Å²) in [6.45, 7) is 1.80. The van der Waals surface area contributed by atoms with E-state index < -0.39 is 10.8 Å². The number of nitrogens with zero attached hydrogens (tertiary/aromatic N) is 1. The van der Waals surface area contributed by atoms with Crippen molar-refractivity contribution in [2.45, 2.75) is 57.0 Å². The Morgan fingerprint density at radius 3 is 2.34 bits per heavy atom. The zero-order valence-electron chi connectivity index (χ0n) is 20.0.